The van der Waals surface area contributed by atoms with Crippen molar-refractivity contribution in [3.8, 4) is 23.1 Å². The van der Waals surface area contributed by atoms with Crippen molar-refractivity contribution in [1.29, 1.82) is 5.26 Å². The second-order valence-corrected chi connectivity index (χ2v) is 8.13. The van der Waals surface area contributed by atoms with E-state index < -0.39 is 27.6 Å². The summed E-state index contributed by atoms with van der Waals surface area (Å²) in [4.78, 5) is 4.11. The number of nitrogens with zero attached hydrogens (tertiary/aromatic N) is 5. The van der Waals surface area contributed by atoms with Crippen molar-refractivity contribution in [2.45, 2.75) is 12.6 Å². The van der Waals surface area contributed by atoms with E-state index in [4.69, 9.17) is 4.74 Å². The number of rotatable bonds is 7. The van der Waals surface area contributed by atoms with Gasteiger partial charge in [-0.1, -0.05) is 5.21 Å². The molecule has 9 nitrogen and oxygen atoms in total. The van der Waals surface area contributed by atoms with Crippen LogP contribution in [0.5, 0.6) is 5.75 Å². The maximum Gasteiger partial charge on any atom is 0.419 e. The first kappa shape index (κ1) is 22.4. The number of fused-ring (bicyclic) bond motifs is 1. The Morgan fingerprint density at radius 3 is 2.61 bits per heavy atom. The number of alkyl halides is 3. The van der Waals surface area contributed by atoms with E-state index in [1.807, 2.05) is 6.07 Å². The molecule has 0 aliphatic carbocycles. The average Bonchev–Trinajstić information content (AvgIpc) is 3.06. The summed E-state index contributed by atoms with van der Waals surface area (Å²) in [6.45, 7) is -0.390. The highest BCUT2D eigenvalue weighted by Crippen LogP contribution is 2.39. The highest BCUT2D eigenvalue weighted by atomic mass is 32.2. The molecule has 2 aromatic heterocycles. The molecule has 13 heteroatoms. The molecule has 0 spiro atoms. The predicted molar refractivity (Wildman–Crippen MR) is 102 cm³/mol. The first-order valence-corrected chi connectivity index (χ1v) is 10.6. The van der Waals surface area contributed by atoms with Crippen LogP contribution in [0.1, 0.15) is 17.7 Å². The smallest absolute Gasteiger partial charge is 0.419 e. The molecule has 0 atom stereocenters. The number of aromatic nitrogens is 4. The molecular weight excluding hydrogens is 439 g/mol. The summed E-state index contributed by atoms with van der Waals surface area (Å²) in [5.41, 5.74) is -0.118. The van der Waals surface area contributed by atoms with Gasteiger partial charge >= 0.3 is 6.18 Å². The van der Waals surface area contributed by atoms with Crippen molar-refractivity contribution in [1.82, 2.24) is 20.0 Å². The Kier molecular flexibility index (Phi) is 6.14. The maximum atomic E-state index is 13.6. The van der Waals surface area contributed by atoms with Gasteiger partial charge < -0.3 is 4.74 Å². The minimum atomic E-state index is -4.72. The van der Waals surface area contributed by atoms with E-state index in [0.29, 0.717) is 5.52 Å². The number of halogens is 3. The SMILES string of the molecule is Cn1nnc2c(C#N)nc(-c3ccc(OCCCOS(C)(=O)=O)c(C(F)(F)F)c3)cc21. The lowest BCUT2D eigenvalue weighted by Crippen LogP contribution is -2.12. The minimum absolute atomic E-state index is 0.0552. The van der Waals surface area contributed by atoms with Gasteiger partial charge in [0.25, 0.3) is 10.1 Å². The molecule has 31 heavy (non-hydrogen) atoms. The molecule has 0 saturated heterocycles. The number of hydrogen-bond acceptors (Lipinski definition) is 8. The molecule has 3 rings (SSSR count). The molecule has 164 valence electrons. The van der Waals surface area contributed by atoms with E-state index in [1.165, 1.54) is 16.8 Å². The number of hydrogen-bond donors (Lipinski definition) is 0. The van der Waals surface area contributed by atoms with Crippen molar-refractivity contribution < 1.29 is 30.5 Å². The number of benzene rings is 1. The van der Waals surface area contributed by atoms with Gasteiger partial charge in [-0.25, -0.2) is 9.67 Å². The molecule has 0 bridgehead atoms. The van der Waals surface area contributed by atoms with Gasteiger partial charge in [0.2, 0.25) is 0 Å². The lowest BCUT2D eigenvalue weighted by Gasteiger charge is -2.15. The van der Waals surface area contributed by atoms with Crippen LogP contribution in [-0.2, 0) is 27.5 Å². The summed E-state index contributed by atoms with van der Waals surface area (Å²) >= 11 is 0. The summed E-state index contributed by atoms with van der Waals surface area (Å²) in [7, 11) is -2.04. The van der Waals surface area contributed by atoms with Gasteiger partial charge in [0, 0.05) is 19.0 Å². The van der Waals surface area contributed by atoms with Crippen molar-refractivity contribution >= 4 is 21.2 Å². The van der Waals surface area contributed by atoms with Crippen LogP contribution >= 0.6 is 0 Å². The van der Waals surface area contributed by atoms with E-state index >= 15 is 0 Å². The highest BCUT2D eigenvalue weighted by Gasteiger charge is 2.35. The molecule has 0 fully saturated rings. The van der Waals surface area contributed by atoms with E-state index in [0.717, 1.165) is 18.4 Å². The van der Waals surface area contributed by atoms with Gasteiger partial charge in [0.05, 0.1) is 36.2 Å². The van der Waals surface area contributed by atoms with Crippen molar-refractivity contribution in [2.75, 3.05) is 19.5 Å². The topological polar surface area (TPSA) is 120 Å². The second-order valence-electron chi connectivity index (χ2n) is 6.49. The molecule has 3 aromatic rings. The van der Waals surface area contributed by atoms with Gasteiger partial charge in [0.15, 0.2) is 5.69 Å². The number of pyridine rings is 1. The molecule has 0 amide bonds. The molecule has 1 aromatic carbocycles. The van der Waals surface area contributed by atoms with Crippen LogP contribution in [0.2, 0.25) is 0 Å². The van der Waals surface area contributed by atoms with E-state index in [-0.39, 0.29) is 42.1 Å². The second kappa shape index (κ2) is 8.48. The molecule has 0 unspecified atom stereocenters. The van der Waals surface area contributed by atoms with Gasteiger partial charge in [0.1, 0.15) is 17.3 Å². The van der Waals surface area contributed by atoms with Gasteiger partial charge in [-0.3, -0.25) is 4.18 Å². The first-order valence-electron chi connectivity index (χ1n) is 8.79. The molecule has 0 aliphatic heterocycles. The number of ether oxygens (including phenoxy) is 1. The van der Waals surface area contributed by atoms with Crippen LogP contribution in [0, 0.1) is 11.3 Å². The van der Waals surface area contributed by atoms with Crippen LogP contribution in [0.15, 0.2) is 24.3 Å². The summed E-state index contributed by atoms with van der Waals surface area (Å²) in [6, 6.07) is 6.78. The zero-order valence-electron chi connectivity index (χ0n) is 16.3. The minimum Gasteiger partial charge on any atom is -0.493 e. The Bertz CT molecular complexity index is 1270. The lowest BCUT2D eigenvalue weighted by atomic mass is 10.1. The standard InChI is InChI=1S/C18H16F3N5O4S/c1-26-15-9-13(23-14(10-22)17(15)24-25-26)11-4-5-16(12(8-11)18(19,20)21)29-6-3-7-30-31(2,27)28/h4-5,8-9H,3,6-7H2,1-2H3. The summed E-state index contributed by atoms with van der Waals surface area (Å²) in [5, 5.41) is 16.9. The van der Waals surface area contributed by atoms with Crippen LogP contribution in [0.3, 0.4) is 0 Å². The monoisotopic (exact) mass is 455 g/mol. The average molecular weight is 455 g/mol. The van der Waals surface area contributed by atoms with Gasteiger partial charge in [-0.15, -0.1) is 5.10 Å². The van der Waals surface area contributed by atoms with Gasteiger partial charge in [-0.05, 0) is 24.3 Å². The Balaban J connectivity index is 1.91. The quantitative estimate of drug-likeness (QED) is 0.394. The Hall–Kier alpha value is -3.24. The van der Waals surface area contributed by atoms with E-state index in [9.17, 15) is 26.9 Å². The lowest BCUT2D eigenvalue weighted by molar-refractivity contribution is -0.138. The summed E-state index contributed by atoms with van der Waals surface area (Å²) < 4.78 is 73.8. The van der Waals surface area contributed by atoms with Crippen LogP contribution in [0.25, 0.3) is 22.3 Å². The molecule has 0 N–H and O–H groups in total. The van der Waals surface area contributed by atoms with Crippen molar-refractivity contribution in [2.24, 2.45) is 7.05 Å². The third-order valence-electron chi connectivity index (χ3n) is 4.13. The normalized spacial score (nSPS) is 12.1. The first-order chi connectivity index (χ1) is 14.5. The molecule has 2 heterocycles. The van der Waals surface area contributed by atoms with Crippen LogP contribution in [-0.4, -0.2) is 47.9 Å². The molecular formula is C18H16F3N5O4S. The Morgan fingerprint density at radius 2 is 1.97 bits per heavy atom. The Morgan fingerprint density at radius 1 is 1.23 bits per heavy atom. The highest BCUT2D eigenvalue weighted by molar-refractivity contribution is 7.85. The van der Waals surface area contributed by atoms with E-state index in [2.05, 4.69) is 19.5 Å². The fraction of sp³-hybridized carbons (Fsp3) is 0.333. The third-order valence-corrected chi connectivity index (χ3v) is 4.73. The fourth-order valence-corrected chi connectivity index (χ4v) is 3.16. The number of aryl methyl sites for hydroxylation is 1. The largest absolute Gasteiger partial charge is 0.493 e. The zero-order chi connectivity index (χ0) is 22.8. The zero-order valence-corrected chi connectivity index (χ0v) is 17.2. The molecule has 0 aliphatic rings. The van der Waals surface area contributed by atoms with Crippen LogP contribution in [0.4, 0.5) is 13.2 Å². The maximum absolute atomic E-state index is 13.6. The predicted octanol–water partition coefficient (Wildman–Crippen LogP) is 2.67. The molecule has 0 radical (unpaired) electrons. The van der Waals surface area contributed by atoms with Crippen LogP contribution < -0.4 is 4.74 Å². The summed E-state index contributed by atoms with van der Waals surface area (Å²) in [5.74, 6) is -0.417. The fourth-order valence-electron chi connectivity index (χ4n) is 2.74. The Labute approximate surface area is 175 Å². The summed E-state index contributed by atoms with van der Waals surface area (Å²) in [6.07, 6.45) is -3.77. The van der Waals surface area contributed by atoms with Crippen molar-refractivity contribution in [3.05, 3.63) is 35.5 Å². The van der Waals surface area contributed by atoms with E-state index in [1.54, 1.807) is 7.05 Å². The number of nitriles is 1. The molecule has 0 saturated carbocycles. The van der Waals surface area contributed by atoms with Gasteiger partial charge in [-0.2, -0.15) is 26.9 Å². The van der Waals surface area contributed by atoms with Crippen molar-refractivity contribution in [3.63, 3.8) is 0 Å². The third kappa shape index (κ3) is 5.28.